The first-order valence-corrected chi connectivity index (χ1v) is 11.1. The molecule has 4 atom stereocenters. The Morgan fingerprint density at radius 2 is 1.91 bits per heavy atom. The second-order valence-corrected chi connectivity index (χ2v) is 9.42. The third kappa shape index (κ3) is 5.96. The summed E-state index contributed by atoms with van der Waals surface area (Å²) < 4.78 is 16.0. The highest BCUT2D eigenvalue weighted by atomic mass is 16.6. The second-order valence-electron chi connectivity index (χ2n) is 9.42. The summed E-state index contributed by atoms with van der Waals surface area (Å²) >= 11 is 0. The summed E-state index contributed by atoms with van der Waals surface area (Å²) in [4.78, 5) is 41.5. The Kier molecular flexibility index (Phi) is 7.74. The molecule has 2 heterocycles. The minimum Gasteiger partial charge on any atom is -0.458 e. The van der Waals surface area contributed by atoms with Crippen LogP contribution in [0, 0.1) is 5.92 Å². The summed E-state index contributed by atoms with van der Waals surface area (Å²) in [6.45, 7) is 9.84. The van der Waals surface area contributed by atoms with E-state index in [0.717, 1.165) is 5.57 Å². The van der Waals surface area contributed by atoms with Crippen molar-refractivity contribution in [3.05, 3.63) is 23.8 Å². The third-order valence-electron chi connectivity index (χ3n) is 5.71. The predicted octanol–water partition coefficient (Wildman–Crippen LogP) is 0.666. The topological polar surface area (TPSA) is 106 Å². The van der Waals surface area contributed by atoms with Crippen LogP contribution >= 0.6 is 0 Å². The number of esters is 1. The molecule has 0 saturated carbocycles. The average molecular weight is 451 g/mol. The van der Waals surface area contributed by atoms with Crippen molar-refractivity contribution in [2.75, 3.05) is 39.5 Å². The Bertz CT molecular complexity index is 780. The lowest BCUT2D eigenvalue weighted by Gasteiger charge is -2.41. The maximum absolute atomic E-state index is 13.1. The third-order valence-corrected chi connectivity index (χ3v) is 5.71. The molecule has 2 saturated heterocycles. The summed E-state index contributed by atoms with van der Waals surface area (Å²) in [5.74, 6) is -1.30. The van der Waals surface area contributed by atoms with Crippen LogP contribution in [0.1, 0.15) is 34.1 Å². The molecule has 2 fully saturated rings. The van der Waals surface area contributed by atoms with E-state index in [4.69, 9.17) is 14.2 Å². The van der Waals surface area contributed by atoms with E-state index < -0.39 is 29.7 Å². The van der Waals surface area contributed by atoms with E-state index >= 15 is 0 Å². The summed E-state index contributed by atoms with van der Waals surface area (Å²) in [6.07, 6.45) is 3.08. The number of allylic oxidation sites excluding steroid dienone is 1. The molecule has 0 radical (unpaired) electrons. The van der Waals surface area contributed by atoms with E-state index in [1.54, 1.807) is 30.6 Å². The van der Waals surface area contributed by atoms with E-state index in [-0.39, 0.29) is 30.9 Å². The number of aliphatic hydroxyl groups is 1. The minimum atomic E-state index is -1.70. The molecule has 3 aliphatic rings. The average Bonchev–Trinajstić information content (AvgIpc) is 2.74. The van der Waals surface area contributed by atoms with Gasteiger partial charge in [-0.25, -0.2) is 4.79 Å². The van der Waals surface area contributed by atoms with Crippen LogP contribution in [0.2, 0.25) is 0 Å². The van der Waals surface area contributed by atoms with Gasteiger partial charge in [0.15, 0.2) is 12.2 Å². The number of carbonyl (C=O) groups excluding carboxylic acids is 3. The standard InChI is InChI=1S/C23H34N2O7/c1-15-5-6-16(14-18(26)24-7-10-30-11-8-24)13-17(15)25-9-12-31-20(21(25)28)19(27)22(29)32-23(2,3)4/h5-6,13,15,17,19-20,27H,7-12,14H2,1-4H3/t15?,17?,19-,20-/m1/s1. The summed E-state index contributed by atoms with van der Waals surface area (Å²) in [7, 11) is 0. The van der Waals surface area contributed by atoms with Crippen molar-refractivity contribution in [2.45, 2.75) is 58.0 Å². The highest BCUT2D eigenvalue weighted by molar-refractivity contribution is 5.89. The van der Waals surface area contributed by atoms with Crippen LogP contribution < -0.4 is 0 Å². The smallest absolute Gasteiger partial charge is 0.338 e. The zero-order valence-electron chi connectivity index (χ0n) is 19.3. The molecule has 1 aliphatic carbocycles. The number of nitrogens with zero attached hydrogens (tertiary/aromatic N) is 2. The zero-order valence-corrected chi connectivity index (χ0v) is 19.3. The molecule has 2 aliphatic heterocycles. The van der Waals surface area contributed by atoms with Gasteiger partial charge in [-0.05, 0) is 32.3 Å². The van der Waals surface area contributed by atoms with E-state index in [2.05, 4.69) is 0 Å². The Labute approximate surface area is 189 Å². The van der Waals surface area contributed by atoms with Crippen LogP contribution in [0.4, 0.5) is 0 Å². The Morgan fingerprint density at radius 1 is 1.22 bits per heavy atom. The van der Waals surface area contributed by atoms with Crippen LogP contribution in [0.5, 0.6) is 0 Å². The molecule has 0 aromatic carbocycles. The van der Waals surface area contributed by atoms with Gasteiger partial charge < -0.3 is 29.1 Å². The molecule has 2 unspecified atom stereocenters. The normalized spacial score (nSPS) is 27.7. The number of amides is 2. The second kappa shape index (κ2) is 10.1. The number of aliphatic hydroxyl groups excluding tert-OH is 1. The maximum atomic E-state index is 13.1. The van der Waals surface area contributed by atoms with Gasteiger partial charge in [0.2, 0.25) is 5.91 Å². The fourth-order valence-electron chi connectivity index (χ4n) is 4.04. The van der Waals surface area contributed by atoms with Gasteiger partial charge in [-0.3, -0.25) is 9.59 Å². The lowest BCUT2D eigenvalue weighted by Crippen LogP contribution is -2.58. The fourth-order valence-corrected chi connectivity index (χ4v) is 4.04. The van der Waals surface area contributed by atoms with Crippen LogP contribution in [0.25, 0.3) is 0 Å². The lowest BCUT2D eigenvalue weighted by molar-refractivity contribution is -0.185. The van der Waals surface area contributed by atoms with Crippen molar-refractivity contribution in [3.8, 4) is 0 Å². The van der Waals surface area contributed by atoms with Gasteiger partial charge in [0, 0.05) is 19.6 Å². The molecule has 0 spiro atoms. The van der Waals surface area contributed by atoms with Crippen molar-refractivity contribution in [3.63, 3.8) is 0 Å². The van der Waals surface area contributed by atoms with Gasteiger partial charge in [-0.1, -0.05) is 25.2 Å². The molecule has 0 bridgehead atoms. The van der Waals surface area contributed by atoms with Gasteiger partial charge >= 0.3 is 5.97 Å². The first-order valence-electron chi connectivity index (χ1n) is 11.1. The number of carbonyl (C=O) groups is 3. The molecular weight excluding hydrogens is 416 g/mol. The summed E-state index contributed by atoms with van der Waals surface area (Å²) in [6, 6.07) is -0.294. The summed E-state index contributed by atoms with van der Waals surface area (Å²) in [5, 5.41) is 10.4. The number of ether oxygens (including phenoxy) is 3. The van der Waals surface area contributed by atoms with Gasteiger partial charge in [0.1, 0.15) is 5.60 Å². The van der Waals surface area contributed by atoms with E-state index in [0.29, 0.717) is 32.8 Å². The highest BCUT2D eigenvalue weighted by Gasteiger charge is 2.43. The predicted molar refractivity (Wildman–Crippen MR) is 115 cm³/mol. The van der Waals surface area contributed by atoms with Crippen LogP contribution in [-0.2, 0) is 28.6 Å². The molecule has 9 nitrogen and oxygen atoms in total. The van der Waals surface area contributed by atoms with E-state index in [1.165, 1.54) is 0 Å². The highest BCUT2D eigenvalue weighted by Crippen LogP contribution is 2.27. The number of hydrogen-bond acceptors (Lipinski definition) is 7. The van der Waals surface area contributed by atoms with Crippen LogP contribution in [0.3, 0.4) is 0 Å². The van der Waals surface area contributed by atoms with Gasteiger partial charge in [0.25, 0.3) is 5.91 Å². The van der Waals surface area contributed by atoms with Gasteiger partial charge in [-0.2, -0.15) is 0 Å². The van der Waals surface area contributed by atoms with Gasteiger partial charge in [-0.15, -0.1) is 0 Å². The first kappa shape index (κ1) is 24.4. The van der Waals surface area contributed by atoms with Crippen LogP contribution in [-0.4, -0.2) is 96.0 Å². The Balaban J connectivity index is 1.69. The quantitative estimate of drug-likeness (QED) is 0.614. The molecule has 2 amide bonds. The monoisotopic (exact) mass is 450 g/mol. The maximum Gasteiger partial charge on any atom is 0.338 e. The van der Waals surface area contributed by atoms with E-state index in [1.807, 2.05) is 25.2 Å². The van der Waals surface area contributed by atoms with Crippen molar-refractivity contribution < 1.29 is 33.7 Å². The van der Waals surface area contributed by atoms with Crippen molar-refractivity contribution in [1.29, 1.82) is 0 Å². The largest absolute Gasteiger partial charge is 0.458 e. The van der Waals surface area contributed by atoms with Crippen molar-refractivity contribution in [1.82, 2.24) is 9.80 Å². The molecular formula is C23H34N2O7. The lowest BCUT2D eigenvalue weighted by atomic mass is 9.89. The van der Waals surface area contributed by atoms with Crippen molar-refractivity contribution >= 4 is 17.8 Å². The molecule has 178 valence electrons. The SMILES string of the molecule is CC1C=CC(CC(=O)N2CCOCC2)=CC1N1CCO[C@H]([C@@H](O)C(=O)OC(C)(C)C)C1=O. The first-order chi connectivity index (χ1) is 15.1. The molecule has 0 aromatic heterocycles. The number of rotatable bonds is 5. The Hall–Kier alpha value is -2.23. The Morgan fingerprint density at radius 3 is 2.56 bits per heavy atom. The van der Waals surface area contributed by atoms with Crippen LogP contribution in [0.15, 0.2) is 23.8 Å². The van der Waals surface area contributed by atoms with E-state index in [9.17, 15) is 19.5 Å². The number of hydrogen-bond donors (Lipinski definition) is 1. The zero-order chi connectivity index (χ0) is 23.5. The molecule has 0 aromatic rings. The van der Waals surface area contributed by atoms with Crippen molar-refractivity contribution in [2.24, 2.45) is 5.92 Å². The molecule has 32 heavy (non-hydrogen) atoms. The number of morpholine rings is 2. The molecule has 3 rings (SSSR count). The fraction of sp³-hybridized carbons (Fsp3) is 0.696. The van der Waals surface area contributed by atoms with Gasteiger partial charge in [0.05, 0.1) is 32.3 Å². The molecule has 9 heteroatoms. The summed E-state index contributed by atoms with van der Waals surface area (Å²) in [5.41, 5.74) is 0.0520. The minimum absolute atomic E-state index is 0.0126. The molecule has 1 N–H and O–H groups in total.